The number of rotatable bonds is 5. The highest BCUT2D eigenvalue weighted by atomic mass is 16.2. The van der Waals surface area contributed by atoms with Gasteiger partial charge in [-0.25, -0.2) is 0 Å². The van der Waals surface area contributed by atoms with Gasteiger partial charge in [0.2, 0.25) is 5.91 Å². The van der Waals surface area contributed by atoms with Crippen LogP contribution in [0.25, 0.3) is 0 Å². The van der Waals surface area contributed by atoms with Crippen molar-refractivity contribution in [2.75, 3.05) is 13.1 Å². The number of hydrogen-bond acceptors (Lipinski definition) is 2. The SMILES string of the molecule is O=C(CCNC1CC1)N1CCCC1C1CCCCC1. The summed E-state index contributed by atoms with van der Waals surface area (Å²) in [5.74, 6) is 1.21. The third kappa shape index (κ3) is 3.50. The summed E-state index contributed by atoms with van der Waals surface area (Å²) in [6.07, 6.45) is 12.7. The fourth-order valence-electron chi connectivity index (χ4n) is 3.93. The van der Waals surface area contributed by atoms with Crippen molar-refractivity contribution in [1.29, 1.82) is 0 Å². The monoisotopic (exact) mass is 264 g/mol. The van der Waals surface area contributed by atoms with Crippen LogP contribution in [0.3, 0.4) is 0 Å². The molecule has 2 saturated carbocycles. The van der Waals surface area contributed by atoms with Gasteiger partial charge in [-0.1, -0.05) is 19.3 Å². The molecular formula is C16H28N2O. The Labute approximate surface area is 117 Å². The summed E-state index contributed by atoms with van der Waals surface area (Å²) in [5, 5.41) is 3.46. The summed E-state index contributed by atoms with van der Waals surface area (Å²) in [6.45, 7) is 1.90. The fraction of sp³-hybridized carbons (Fsp3) is 0.938. The first kappa shape index (κ1) is 13.4. The summed E-state index contributed by atoms with van der Waals surface area (Å²) in [5.41, 5.74) is 0. The molecule has 1 N–H and O–H groups in total. The Balaban J connectivity index is 1.47. The summed E-state index contributed by atoms with van der Waals surface area (Å²) in [7, 11) is 0. The average molecular weight is 264 g/mol. The van der Waals surface area contributed by atoms with Crippen molar-refractivity contribution < 1.29 is 4.79 Å². The lowest BCUT2D eigenvalue weighted by Gasteiger charge is -2.34. The van der Waals surface area contributed by atoms with Gasteiger partial charge < -0.3 is 10.2 Å². The molecule has 0 aromatic rings. The van der Waals surface area contributed by atoms with E-state index in [-0.39, 0.29) is 0 Å². The molecular weight excluding hydrogens is 236 g/mol. The van der Waals surface area contributed by atoms with Crippen molar-refractivity contribution in [2.45, 2.75) is 76.3 Å². The third-order valence-electron chi connectivity index (χ3n) is 5.16. The Hall–Kier alpha value is -0.570. The van der Waals surface area contributed by atoms with Gasteiger partial charge in [-0.3, -0.25) is 4.79 Å². The van der Waals surface area contributed by atoms with Crippen LogP contribution in [0.1, 0.15) is 64.2 Å². The number of carbonyl (C=O) groups excluding carboxylic acids is 1. The molecule has 1 aliphatic heterocycles. The van der Waals surface area contributed by atoms with E-state index in [1.165, 1.54) is 57.8 Å². The van der Waals surface area contributed by atoms with Crippen LogP contribution < -0.4 is 5.32 Å². The Morgan fingerprint density at radius 2 is 1.79 bits per heavy atom. The van der Waals surface area contributed by atoms with Gasteiger partial charge in [0.05, 0.1) is 0 Å². The predicted octanol–water partition coefficient (Wildman–Crippen LogP) is 2.70. The maximum Gasteiger partial charge on any atom is 0.224 e. The lowest BCUT2D eigenvalue weighted by atomic mass is 9.83. The number of hydrogen-bond donors (Lipinski definition) is 1. The van der Waals surface area contributed by atoms with Crippen molar-refractivity contribution in [3.8, 4) is 0 Å². The van der Waals surface area contributed by atoms with E-state index < -0.39 is 0 Å². The second-order valence-electron chi connectivity index (χ2n) is 6.67. The third-order valence-corrected chi connectivity index (χ3v) is 5.16. The zero-order valence-electron chi connectivity index (χ0n) is 12.1. The highest BCUT2D eigenvalue weighted by Gasteiger charge is 2.34. The molecule has 3 fully saturated rings. The molecule has 1 amide bonds. The van der Waals surface area contributed by atoms with E-state index in [0.29, 0.717) is 18.4 Å². The molecule has 0 aromatic carbocycles. The standard InChI is InChI=1S/C16H28N2O/c19-16(10-11-17-14-8-9-14)18-12-4-7-15(18)13-5-2-1-3-6-13/h13-15,17H,1-12H2. The molecule has 1 saturated heterocycles. The lowest BCUT2D eigenvalue weighted by Crippen LogP contribution is -2.41. The zero-order valence-corrected chi connectivity index (χ0v) is 12.1. The fourth-order valence-corrected chi connectivity index (χ4v) is 3.93. The summed E-state index contributed by atoms with van der Waals surface area (Å²) < 4.78 is 0. The first-order valence-electron chi connectivity index (χ1n) is 8.37. The van der Waals surface area contributed by atoms with Crippen LogP contribution in [0.15, 0.2) is 0 Å². The van der Waals surface area contributed by atoms with Crippen molar-refractivity contribution >= 4 is 5.91 Å². The van der Waals surface area contributed by atoms with E-state index in [9.17, 15) is 4.79 Å². The van der Waals surface area contributed by atoms with Crippen LogP contribution in [0.4, 0.5) is 0 Å². The number of carbonyl (C=O) groups is 1. The number of amides is 1. The van der Waals surface area contributed by atoms with E-state index in [1.54, 1.807) is 0 Å². The zero-order chi connectivity index (χ0) is 13.1. The molecule has 3 rings (SSSR count). The van der Waals surface area contributed by atoms with Crippen LogP contribution >= 0.6 is 0 Å². The van der Waals surface area contributed by atoms with E-state index >= 15 is 0 Å². The minimum atomic E-state index is 0.404. The lowest BCUT2D eigenvalue weighted by molar-refractivity contribution is -0.133. The van der Waals surface area contributed by atoms with Crippen LogP contribution in [0, 0.1) is 5.92 Å². The van der Waals surface area contributed by atoms with Crippen molar-refractivity contribution in [2.24, 2.45) is 5.92 Å². The number of nitrogens with zero attached hydrogens (tertiary/aromatic N) is 1. The Kier molecular flexibility index (Phi) is 4.42. The minimum absolute atomic E-state index is 0.404. The molecule has 0 radical (unpaired) electrons. The molecule has 0 aromatic heterocycles. The van der Waals surface area contributed by atoms with Crippen molar-refractivity contribution in [1.82, 2.24) is 10.2 Å². The Morgan fingerprint density at radius 3 is 2.53 bits per heavy atom. The van der Waals surface area contributed by atoms with Crippen molar-refractivity contribution in [3.05, 3.63) is 0 Å². The molecule has 3 nitrogen and oxygen atoms in total. The molecule has 2 aliphatic carbocycles. The Bertz CT molecular complexity index is 308. The molecule has 3 aliphatic rings. The molecule has 1 heterocycles. The van der Waals surface area contributed by atoms with E-state index in [1.807, 2.05) is 0 Å². The maximum absolute atomic E-state index is 12.4. The first-order chi connectivity index (χ1) is 9.34. The molecule has 1 atom stereocenters. The predicted molar refractivity (Wildman–Crippen MR) is 77.0 cm³/mol. The molecule has 3 heteroatoms. The highest BCUT2D eigenvalue weighted by molar-refractivity contribution is 5.77. The second-order valence-corrected chi connectivity index (χ2v) is 6.67. The van der Waals surface area contributed by atoms with Gasteiger partial charge >= 0.3 is 0 Å². The minimum Gasteiger partial charge on any atom is -0.339 e. The van der Waals surface area contributed by atoms with Crippen LogP contribution in [-0.4, -0.2) is 36.0 Å². The molecule has 0 spiro atoms. The van der Waals surface area contributed by atoms with Crippen LogP contribution in [0.2, 0.25) is 0 Å². The smallest absolute Gasteiger partial charge is 0.224 e. The van der Waals surface area contributed by atoms with Gasteiger partial charge in [0.1, 0.15) is 0 Å². The van der Waals surface area contributed by atoms with Gasteiger partial charge in [-0.2, -0.15) is 0 Å². The van der Waals surface area contributed by atoms with Crippen molar-refractivity contribution in [3.63, 3.8) is 0 Å². The van der Waals surface area contributed by atoms with E-state index in [2.05, 4.69) is 10.2 Å². The highest BCUT2D eigenvalue weighted by Crippen LogP contribution is 2.34. The average Bonchev–Trinajstić information content (AvgIpc) is 3.13. The van der Waals surface area contributed by atoms with Gasteiger partial charge in [-0.15, -0.1) is 0 Å². The van der Waals surface area contributed by atoms with E-state index in [4.69, 9.17) is 0 Å². The quantitative estimate of drug-likeness (QED) is 0.828. The van der Waals surface area contributed by atoms with Crippen LogP contribution in [-0.2, 0) is 4.79 Å². The second kappa shape index (κ2) is 6.25. The molecule has 19 heavy (non-hydrogen) atoms. The number of likely N-dealkylation sites (tertiary alicyclic amines) is 1. The van der Waals surface area contributed by atoms with E-state index in [0.717, 1.165) is 25.0 Å². The Morgan fingerprint density at radius 1 is 1.00 bits per heavy atom. The molecule has 108 valence electrons. The first-order valence-corrected chi connectivity index (χ1v) is 8.37. The van der Waals surface area contributed by atoms with Gasteiger partial charge in [0.25, 0.3) is 0 Å². The topological polar surface area (TPSA) is 32.3 Å². The molecule has 1 unspecified atom stereocenters. The summed E-state index contributed by atoms with van der Waals surface area (Å²) >= 11 is 0. The maximum atomic E-state index is 12.4. The van der Waals surface area contributed by atoms with Crippen LogP contribution in [0.5, 0.6) is 0 Å². The molecule has 0 bridgehead atoms. The van der Waals surface area contributed by atoms with Gasteiger partial charge in [-0.05, 0) is 44.4 Å². The normalized spacial score (nSPS) is 28.8. The number of nitrogens with one attached hydrogen (secondary N) is 1. The summed E-state index contributed by atoms with van der Waals surface area (Å²) in [6, 6.07) is 1.30. The summed E-state index contributed by atoms with van der Waals surface area (Å²) in [4.78, 5) is 14.6. The van der Waals surface area contributed by atoms with Gasteiger partial charge in [0, 0.05) is 31.6 Å². The van der Waals surface area contributed by atoms with Gasteiger partial charge in [0.15, 0.2) is 0 Å². The largest absolute Gasteiger partial charge is 0.339 e.